The lowest BCUT2D eigenvalue weighted by Crippen LogP contribution is -2.56. The fourth-order valence-electron chi connectivity index (χ4n) is 3.17. The second-order valence-corrected chi connectivity index (χ2v) is 7.07. The van der Waals surface area contributed by atoms with Gasteiger partial charge in [0.05, 0.1) is 13.1 Å². The Labute approximate surface area is 156 Å². The van der Waals surface area contributed by atoms with E-state index in [1.165, 1.54) is 0 Å². The van der Waals surface area contributed by atoms with Crippen LogP contribution in [-0.4, -0.2) is 40.1 Å². The van der Waals surface area contributed by atoms with Crippen molar-refractivity contribution < 1.29 is 14.1 Å². The average molecular weight is 361 g/mol. The number of carbonyl (C=O) groups excluding carboxylic acids is 1. The average Bonchev–Trinajstić information content (AvgIpc) is 3.42. The van der Waals surface area contributed by atoms with Gasteiger partial charge in [0.15, 0.2) is 0 Å². The van der Waals surface area contributed by atoms with Gasteiger partial charge in [-0.15, -0.1) is 0 Å². The van der Waals surface area contributed by atoms with Crippen molar-refractivity contribution in [3.63, 3.8) is 0 Å². The number of rotatable bonds is 5. The number of benzene rings is 2. The second-order valence-electron chi connectivity index (χ2n) is 7.07. The zero-order valence-electron chi connectivity index (χ0n) is 14.7. The van der Waals surface area contributed by atoms with Crippen LogP contribution in [0.25, 0.3) is 11.4 Å². The number of carbonyl (C=O) groups is 1. The normalized spacial score (nSPS) is 16.8. The van der Waals surface area contributed by atoms with Gasteiger partial charge >= 0.3 is 0 Å². The lowest BCUT2D eigenvalue weighted by Gasteiger charge is -2.39. The first-order valence-electron chi connectivity index (χ1n) is 9.21. The molecule has 27 heavy (non-hydrogen) atoms. The van der Waals surface area contributed by atoms with Crippen molar-refractivity contribution in [3.8, 4) is 17.1 Å². The fraction of sp³-hybridized carbons (Fsp3) is 0.286. The number of likely N-dealkylation sites (tertiary alicyclic amines) is 1. The summed E-state index contributed by atoms with van der Waals surface area (Å²) in [5, 5.41) is 4.05. The molecule has 0 radical (unpaired) electrons. The molecule has 1 aromatic heterocycles. The van der Waals surface area contributed by atoms with Gasteiger partial charge in [-0.2, -0.15) is 4.98 Å². The molecular formula is C21H19N3O3. The first kappa shape index (κ1) is 16.1. The van der Waals surface area contributed by atoms with Crippen LogP contribution in [0.3, 0.4) is 0 Å². The molecule has 0 N–H and O–H groups in total. The van der Waals surface area contributed by atoms with E-state index in [0.717, 1.165) is 30.0 Å². The minimum absolute atomic E-state index is 0.0233. The molecule has 6 heteroatoms. The van der Waals surface area contributed by atoms with Gasteiger partial charge in [0.1, 0.15) is 11.9 Å². The maximum atomic E-state index is 12.3. The summed E-state index contributed by atoms with van der Waals surface area (Å²) in [6.45, 7) is 1.20. The Hall–Kier alpha value is -3.15. The molecule has 1 saturated heterocycles. The molecule has 3 aromatic rings. The maximum absolute atomic E-state index is 12.3. The van der Waals surface area contributed by atoms with Crippen LogP contribution in [0.1, 0.15) is 35.0 Å². The van der Waals surface area contributed by atoms with E-state index in [0.29, 0.717) is 30.4 Å². The third kappa shape index (κ3) is 3.30. The highest BCUT2D eigenvalue weighted by Gasteiger charge is 2.33. The monoisotopic (exact) mass is 361 g/mol. The van der Waals surface area contributed by atoms with E-state index in [1.807, 2.05) is 54.6 Å². The largest absolute Gasteiger partial charge is 0.487 e. The Kier molecular flexibility index (Phi) is 3.89. The van der Waals surface area contributed by atoms with Gasteiger partial charge in [-0.3, -0.25) is 4.79 Å². The number of hydrogen-bond acceptors (Lipinski definition) is 5. The van der Waals surface area contributed by atoms with Crippen molar-refractivity contribution in [1.82, 2.24) is 15.0 Å². The molecule has 2 fully saturated rings. The van der Waals surface area contributed by atoms with E-state index in [4.69, 9.17) is 9.26 Å². The standard InChI is InChI=1S/C21H19N3O3/c25-21(16-4-2-1-3-5-16)24-12-18(13-24)26-17-10-8-14(9-11-17)19-22-20(27-23-19)15-6-7-15/h1-5,8-11,15,18H,6-7,12-13H2. The summed E-state index contributed by atoms with van der Waals surface area (Å²) in [7, 11) is 0. The number of nitrogens with zero attached hydrogens (tertiary/aromatic N) is 3. The van der Waals surface area contributed by atoms with Gasteiger partial charge in [-0.05, 0) is 49.2 Å². The van der Waals surface area contributed by atoms with Crippen LogP contribution in [0.2, 0.25) is 0 Å². The Bertz CT molecular complexity index is 942. The van der Waals surface area contributed by atoms with Gasteiger partial charge in [0.25, 0.3) is 5.91 Å². The predicted molar refractivity (Wildman–Crippen MR) is 98.5 cm³/mol. The molecule has 1 aliphatic heterocycles. The van der Waals surface area contributed by atoms with E-state index in [2.05, 4.69) is 10.1 Å². The Morgan fingerprint density at radius 2 is 1.78 bits per heavy atom. The molecule has 0 unspecified atom stereocenters. The van der Waals surface area contributed by atoms with Crippen LogP contribution in [0, 0.1) is 0 Å². The van der Waals surface area contributed by atoms with E-state index in [1.54, 1.807) is 4.90 Å². The summed E-state index contributed by atoms with van der Waals surface area (Å²) < 4.78 is 11.3. The number of amides is 1. The summed E-state index contributed by atoms with van der Waals surface area (Å²) in [4.78, 5) is 18.6. The van der Waals surface area contributed by atoms with Gasteiger partial charge < -0.3 is 14.2 Å². The van der Waals surface area contributed by atoms with Crippen molar-refractivity contribution in [2.45, 2.75) is 24.9 Å². The third-order valence-corrected chi connectivity index (χ3v) is 4.94. The van der Waals surface area contributed by atoms with E-state index in [-0.39, 0.29) is 12.0 Å². The summed E-state index contributed by atoms with van der Waals surface area (Å²) in [5.74, 6) is 2.64. The van der Waals surface area contributed by atoms with Gasteiger partial charge in [-0.25, -0.2) is 0 Å². The van der Waals surface area contributed by atoms with Crippen molar-refractivity contribution >= 4 is 5.91 Å². The van der Waals surface area contributed by atoms with Crippen LogP contribution in [0.4, 0.5) is 0 Å². The minimum atomic E-state index is 0.0233. The zero-order chi connectivity index (χ0) is 18.2. The quantitative estimate of drug-likeness (QED) is 0.695. The SMILES string of the molecule is O=C(c1ccccc1)N1CC(Oc2ccc(-c3noc(C4CC4)n3)cc2)C1. The van der Waals surface area contributed by atoms with Crippen molar-refractivity contribution in [1.29, 1.82) is 0 Å². The van der Waals surface area contributed by atoms with Crippen LogP contribution in [-0.2, 0) is 0 Å². The van der Waals surface area contributed by atoms with Crippen molar-refractivity contribution in [2.75, 3.05) is 13.1 Å². The van der Waals surface area contributed by atoms with E-state index < -0.39 is 0 Å². The molecule has 1 saturated carbocycles. The van der Waals surface area contributed by atoms with E-state index >= 15 is 0 Å². The first-order chi connectivity index (χ1) is 13.3. The first-order valence-corrected chi connectivity index (χ1v) is 9.21. The molecule has 2 aromatic carbocycles. The number of aromatic nitrogens is 2. The van der Waals surface area contributed by atoms with Crippen molar-refractivity contribution in [3.05, 3.63) is 66.1 Å². The van der Waals surface area contributed by atoms with Crippen LogP contribution < -0.4 is 4.74 Å². The molecule has 0 bridgehead atoms. The smallest absolute Gasteiger partial charge is 0.254 e. The Morgan fingerprint density at radius 1 is 1.04 bits per heavy atom. The molecule has 136 valence electrons. The molecule has 1 aliphatic carbocycles. The summed E-state index contributed by atoms with van der Waals surface area (Å²) in [6.07, 6.45) is 2.30. The fourth-order valence-corrected chi connectivity index (χ4v) is 3.17. The highest BCUT2D eigenvalue weighted by Crippen LogP contribution is 2.39. The topological polar surface area (TPSA) is 68.5 Å². The summed E-state index contributed by atoms with van der Waals surface area (Å²) in [6, 6.07) is 17.0. The summed E-state index contributed by atoms with van der Waals surface area (Å²) >= 11 is 0. The lowest BCUT2D eigenvalue weighted by atomic mass is 10.1. The summed E-state index contributed by atoms with van der Waals surface area (Å²) in [5.41, 5.74) is 1.62. The third-order valence-electron chi connectivity index (χ3n) is 4.94. The Balaban J connectivity index is 1.17. The minimum Gasteiger partial charge on any atom is -0.487 e. The van der Waals surface area contributed by atoms with Gasteiger partial charge in [0.2, 0.25) is 11.7 Å². The highest BCUT2D eigenvalue weighted by molar-refractivity contribution is 5.94. The molecule has 0 spiro atoms. The molecule has 6 nitrogen and oxygen atoms in total. The second kappa shape index (κ2) is 6.54. The molecule has 0 atom stereocenters. The molecule has 5 rings (SSSR count). The molecular weight excluding hydrogens is 342 g/mol. The highest BCUT2D eigenvalue weighted by atomic mass is 16.5. The van der Waals surface area contributed by atoms with E-state index in [9.17, 15) is 4.79 Å². The number of hydrogen-bond donors (Lipinski definition) is 0. The zero-order valence-corrected chi connectivity index (χ0v) is 14.7. The van der Waals surface area contributed by atoms with Crippen LogP contribution >= 0.6 is 0 Å². The molecule has 2 heterocycles. The molecule has 1 amide bonds. The Morgan fingerprint density at radius 3 is 2.48 bits per heavy atom. The lowest BCUT2D eigenvalue weighted by molar-refractivity contribution is 0.0178. The number of ether oxygens (including phenoxy) is 1. The molecule has 2 aliphatic rings. The van der Waals surface area contributed by atoms with Gasteiger partial charge in [-0.1, -0.05) is 23.4 Å². The predicted octanol–water partition coefficient (Wildman–Crippen LogP) is 3.52. The maximum Gasteiger partial charge on any atom is 0.254 e. The van der Waals surface area contributed by atoms with Crippen molar-refractivity contribution in [2.24, 2.45) is 0 Å². The van der Waals surface area contributed by atoms with Crippen LogP contribution in [0.5, 0.6) is 5.75 Å². The van der Waals surface area contributed by atoms with Gasteiger partial charge in [0, 0.05) is 17.0 Å². The van der Waals surface area contributed by atoms with Crippen LogP contribution in [0.15, 0.2) is 59.1 Å².